The first-order valence-corrected chi connectivity index (χ1v) is 6.07. The van der Waals surface area contributed by atoms with Gasteiger partial charge in [0.2, 0.25) is 5.91 Å². The minimum absolute atomic E-state index is 0.00427. The molecule has 0 aromatic carbocycles. The first-order valence-electron chi connectivity index (χ1n) is 5.13. The van der Waals surface area contributed by atoms with Crippen LogP contribution in [0.4, 0.5) is 0 Å². The minimum atomic E-state index is 0.00427. The maximum absolute atomic E-state index is 11.5. The molecular formula is C11H15NO2S. The van der Waals surface area contributed by atoms with E-state index in [1.54, 1.807) is 11.3 Å². The van der Waals surface area contributed by atoms with Gasteiger partial charge in [-0.25, -0.2) is 0 Å². The van der Waals surface area contributed by atoms with E-state index in [-0.39, 0.29) is 17.9 Å². The van der Waals surface area contributed by atoms with Crippen molar-refractivity contribution in [1.29, 1.82) is 0 Å². The molecule has 1 heterocycles. The van der Waals surface area contributed by atoms with Gasteiger partial charge in [0.1, 0.15) is 0 Å². The lowest BCUT2D eigenvalue weighted by molar-refractivity contribution is -0.120. The van der Waals surface area contributed by atoms with Crippen molar-refractivity contribution >= 4 is 17.2 Å². The number of amides is 1. The first-order chi connectivity index (χ1) is 7.24. The lowest BCUT2D eigenvalue weighted by Crippen LogP contribution is -2.32. The Hall–Kier alpha value is -0.870. The quantitative estimate of drug-likeness (QED) is 0.790. The summed E-state index contributed by atoms with van der Waals surface area (Å²) in [6.45, 7) is 0.804. The molecule has 3 nitrogen and oxygen atoms in total. The molecule has 1 aromatic heterocycles. The van der Waals surface area contributed by atoms with Crippen molar-refractivity contribution in [3.05, 3.63) is 22.4 Å². The monoisotopic (exact) mass is 225 g/mol. The molecule has 0 aliphatic heterocycles. The van der Waals surface area contributed by atoms with E-state index in [9.17, 15) is 4.79 Å². The molecule has 1 saturated carbocycles. The summed E-state index contributed by atoms with van der Waals surface area (Å²) in [6, 6.07) is 1.96. The van der Waals surface area contributed by atoms with Crippen molar-refractivity contribution in [3.8, 4) is 0 Å². The van der Waals surface area contributed by atoms with E-state index in [0.29, 0.717) is 13.0 Å². The maximum Gasteiger partial charge on any atom is 0.224 e. The van der Waals surface area contributed by atoms with E-state index < -0.39 is 0 Å². The van der Waals surface area contributed by atoms with Gasteiger partial charge < -0.3 is 10.4 Å². The van der Waals surface area contributed by atoms with Crippen LogP contribution in [0.5, 0.6) is 0 Å². The van der Waals surface area contributed by atoms with Crippen LogP contribution in [0.2, 0.25) is 0 Å². The van der Waals surface area contributed by atoms with Crippen LogP contribution in [0.1, 0.15) is 18.4 Å². The highest BCUT2D eigenvalue weighted by molar-refractivity contribution is 7.07. The largest absolute Gasteiger partial charge is 0.396 e. The Morgan fingerprint density at radius 1 is 1.60 bits per heavy atom. The second kappa shape index (κ2) is 4.33. The van der Waals surface area contributed by atoms with Gasteiger partial charge in [0.15, 0.2) is 0 Å². The van der Waals surface area contributed by atoms with E-state index in [2.05, 4.69) is 5.32 Å². The molecule has 1 aliphatic rings. The number of nitrogens with one attached hydrogen (secondary N) is 1. The molecule has 0 saturated heterocycles. The molecule has 0 bridgehead atoms. The highest BCUT2D eigenvalue weighted by Gasteiger charge is 2.41. The number of hydrogen-bond acceptors (Lipinski definition) is 3. The first kappa shape index (κ1) is 10.6. The molecule has 1 aromatic rings. The number of aliphatic hydroxyl groups excluding tert-OH is 1. The number of aliphatic hydroxyl groups is 1. The van der Waals surface area contributed by atoms with E-state index in [1.807, 2.05) is 16.8 Å². The fourth-order valence-electron chi connectivity index (χ4n) is 1.49. The number of carbonyl (C=O) groups excluding carboxylic acids is 1. The third-order valence-corrected chi connectivity index (χ3v) is 3.63. The van der Waals surface area contributed by atoms with E-state index in [0.717, 1.165) is 18.4 Å². The van der Waals surface area contributed by atoms with Crippen LogP contribution in [0, 0.1) is 5.41 Å². The summed E-state index contributed by atoms with van der Waals surface area (Å²) in [4.78, 5) is 11.5. The molecule has 1 aliphatic carbocycles. The second-order valence-electron chi connectivity index (χ2n) is 4.24. The summed E-state index contributed by atoms with van der Waals surface area (Å²) >= 11 is 1.60. The fourth-order valence-corrected chi connectivity index (χ4v) is 2.16. The van der Waals surface area contributed by atoms with E-state index in [4.69, 9.17) is 5.11 Å². The van der Waals surface area contributed by atoms with Gasteiger partial charge in [-0.1, -0.05) is 0 Å². The Morgan fingerprint density at radius 2 is 2.40 bits per heavy atom. The molecule has 2 N–H and O–H groups in total. The molecule has 82 valence electrons. The van der Waals surface area contributed by atoms with Gasteiger partial charge >= 0.3 is 0 Å². The van der Waals surface area contributed by atoms with Crippen LogP contribution in [0.3, 0.4) is 0 Å². The van der Waals surface area contributed by atoms with Gasteiger partial charge in [0.05, 0.1) is 13.0 Å². The Balaban J connectivity index is 1.74. The lowest BCUT2D eigenvalue weighted by atomic mass is 10.1. The van der Waals surface area contributed by atoms with Crippen LogP contribution < -0.4 is 5.32 Å². The van der Waals surface area contributed by atoms with Crippen LogP contribution >= 0.6 is 11.3 Å². The van der Waals surface area contributed by atoms with Crippen molar-refractivity contribution in [1.82, 2.24) is 5.32 Å². The maximum atomic E-state index is 11.5. The molecule has 1 fully saturated rings. The van der Waals surface area contributed by atoms with E-state index in [1.165, 1.54) is 0 Å². The molecule has 2 rings (SSSR count). The Bertz CT molecular complexity index is 330. The molecular weight excluding hydrogens is 210 g/mol. The molecule has 0 spiro atoms. The number of thiophene rings is 1. The summed E-state index contributed by atoms with van der Waals surface area (Å²) in [7, 11) is 0. The highest BCUT2D eigenvalue weighted by Crippen LogP contribution is 2.44. The zero-order chi connectivity index (χ0) is 10.7. The van der Waals surface area contributed by atoms with Gasteiger partial charge in [-0.2, -0.15) is 11.3 Å². The SMILES string of the molecule is O=C(Cc1ccsc1)NCC1(CO)CC1. The third-order valence-electron chi connectivity index (χ3n) is 2.90. The molecule has 0 atom stereocenters. The predicted octanol–water partition coefficient (Wildman–Crippen LogP) is 1.18. The van der Waals surface area contributed by atoms with Crippen molar-refractivity contribution in [3.63, 3.8) is 0 Å². The van der Waals surface area contributed by atoms with Crippen LogP contribution in [0.25, 0.3) is 0 Å². The zero-order valence-electron chi connectivity index (χ0n) is 8.53. The van der Waals surface area contributed by atoms with Crippen LogP contribution in [0.15, 0.2) is 16.8 Å². The Labute approximate surface area is 93.1 Å². The summed E-state index contributed by atoms with van der Waals surface area (Å²) in [5.41, 5.74) is 1.07. The molecule has 4 heteroatoms. The number of hydrogen-bond donors (Lipinski definition) is 2. The standard InChI is InChI=1S/C11H15NO2S/c13-8-11(2-3-11)7-12-10(14)5-9-1-4-15-6-9/h1,4,6,13H,2-3,5,7-8H2,(H,12,14). The molecule has 0 radical (unpaired) electrons. The van der Waals surface area contributed by atoms with E-state index >= 15 is 0 Å². The van der Waals surface area contributed by atoms with Crippen molar-refractivity contribution in [2.75, 3.05) is 13.2 Å². The van der Waals surface area contributed by atoms with Crippen molar-refractivity contribution in [2.45, 2.75) is 19.3 Å². The lowest BCUT2D eigenvalue weighted by Gasteiger charge is -2.12. The van der Waals surface area contributed by atoms with Gasteiger partial charge in [0.25, 0.3) is 0 Å². The van der Waals surface area contributed by atoms with Gasteiger partial charge in [-0.05, 0) is 35.2 Å². The summed E-state index contributed by atoms with van der Waals surface area (Å²) < 4.78 is 0. The summed E-state index contributed by atoms with van der Waals surface area (Å²) in [6.07, 6.45) is 2.51. The fraction of sp³-hybridized carbons (Fsp3) is 0.545. The summed E-state index contributed by atoms with van der Waals surface area (Å²) in [5, 5.41) is 15.9. The number of carbonyl (C=O) groups is 1. The van der Waals surface area contributed by atoms with Crippen LogP contribution in [-0.2, 0) is 11.2 Å². The van der Waals surface area contributed by atoms with Gasteiger partial charge in [0, 0.05) is 12.0 Å². The van der Waals surface area contributed by atoms with Crippen LogP contribution in [-0.4, -0.2) is 24.2 Å². The molecule has 0 unspecified atom stereocenters. The second-order valence-corrected chi connectivity index (χ2v) is 5.02. The average molecular weight is 225 g/mol. The van der Waals surface area contributed by atoms with Crippen molar-refractivity contribution < 1.29 is 9.90 Å². The van der Waals surface area contributed by atoms with Gasteiger partial charge in [-0.15, -0.1) is 0 Å². The normalized spacial score (nSPS) is 17.4. The minimum Gasteiger partial charge on any atom is -0.396 e. The molecule has 15 heavy (non-hydrogen) atoms. The topological polar surface area (TPSA) is 49.3 Å². The Morgan fingerprint density at radius 3 is 2.93 bits per heavy atom. The average Bonchev–Trinajstić information content (AvgIpc) is 2.86. The predicted molar refractivity (Wildman–Crippen MR) is 59.8 cm³/mol. The molecule has 1 amide bonds. The third kappa shape index (κ3) is 2.79. The highest BCUT2D eigenvalue weighted by atomic mass is 32.1. The van der Waals surface area contributed by atoms with Gasteiger partial charge in [-0.3, -0.25) is 4.79 Å². The smallest absolute Gasteiger partial charge is 0.224 e. The zero-order valence-corrected chi connectivity index (χ0v) is 9.35. The number of rotatable bonds is 5. The Kier molecular flexibility index (Phi) is 3.07. The van der Waals surface area contributed by atoms with Crippen molar-refractivity contribution in [2.24, 2.45) is 5.41 Å². The summed E-state index contributed by atoms with van der Waals surface area (Å²) in [5.74, 6) is 0.0492.